The molecule has 1 fully saturated rings. The Balaban J connectivity index is 2.30. The molecule has 1 heterocycles. The van der Waals surface area contributed by atoms with Crippen LogP contribution in [0.1, 0.15) is 6.42 Å². The van der Waals surface area contributed by atoms with Gasteiger partial charge in [0.1, 0.15) is 5.54 Å². The summed E-state index contributed by atoms with van der Waals surface area (Å²) in [7, 11) is 0. The fourth-order valence-electron chi connectivity index (χ4n) is 1.57. The molecular formula is C8H13F3N2O3. The molecule has 94 valence electrons. The van der Waals surface area contributed by atoms with Gasteiger partial charge >= 0.3 is 12.3 Å². The summed E-state index contributed by atoms with van der Waals surface area (Å²) >= 11 is 0. The monoisotopic (exact) mass is 242 g/mol. The van der Waals surface area contributed by atoms with Gasteiger partial charge in [0, 0.05) is 19.6 Å². The van der Waals surface area contributed by atoms with E-state index in [1.165, 1.54) is 0 Å². The summed E-state index contributed by atoms with van der Waals surface area (Å²) in [4.78, 5) is 12.3. The molecule has 1 aliphatic rings. The summed E-state index contributed by atoms with van der Waals surface area (Å²) in [5, 5.41) is 8.78. The summed E-state index contributed by atoms with van der Waals surface area (Å²) < 4.78 is 38.5. The van der Waals surface area contributed by atoms with Crippen molar-refractivity contribution in [2.24, 2.45) is 5.73 Å². The van der Waals surface area contributed by atoms with Gasteiger partial charge in [0.2, 0.25) is 0 Å². The molecule has 0 amide bonds. The summed E-state index contributed by atoms with van der Waals surface area (Å²) in [6.07, 6.45) is -4.42. The van der Waals surface area contributed by atoms with Gasteiger partial charge in [0.15, 0.2) is 0 Å². The van der Waals surface area contributed by atoms with Crippen molar-refractivity contribution in [2.75, 3.05) is 26.2 Å². The minimum absolute atomic E-state index is 0.0196. The van der Waals surface area contributed by atoms with Crippen molar-refractivity contribution in [3.63, 3.8) is 0 Å². The lowest BCUT2D eigenvalue weighted by Crippen LogP contribution is -2.50. The summed E-state index contributed by atoms with van der Waals surface area (Å²) in [5.41, 5.74) is 4.20. The zero-order valence-electron chi connectivity index (χ0n) is 8.46. The maximum atomic E-state index is 11.7. The minimum Gasteiger partial charge on any atom is -0.480 e. The summed E-state index contributed by atoms with van der Waals surface area (Å²) in [6.45, 7) is -0.0848. The molecule has 0 aromatic heterocycles. The molecule has 1 atom stereocenters. The molecule has 0 radical (unpaired) electrons. The predicted molar refractivity (Wildman–Crippen MR) is 47.6 cm³/mol. The van der Waals surface area contributed by atoms with Crippen molar-refractivity contribution in [3.8, 4) is 0 Å². The summed E-state index contributed by atoms with van der Waals surface area (Å²) in [5.74, 6) is -1.13. The number of likely N-dealkylation sites (tertiary alicyclic amines) is 1. The highest BCUT2D eigenvalue weighted by Gasteiger charge is 2.41. The molecule has 0 aliphatic carbocycles. The molecule has 1 saturated heterocycles. The van der Waals surface area contributed by atoms with Gasteiger partial charge in [-0.3, -0.25) is 14.4 Å². The van der Waals surface area contributed by atoms with Crippen LogP contribution in [0.25, 0.3) is 0 Å². The van der Waals surface area contributed by atoms with Crippen molar-refractivity contribution in [2.45, 2.75) is 18.3 Å². The average molecular weight is 242 g/mol. The van der Waals surface area contributed by atoms with Crippen molar-refractivity contribution >= 4 is 5.97 Å². The van der Waals surface area contributed by atoms with Crippen molar-refractivity contribution in [1.29, 1.82) is 0 Å². The van der Waals surface area contributed by atoms with Crippen LogP contribution in [0.4, 0.5) is 13.2 Å². The topological polar surface area (TPSA) is 75.8 Å². The third-order valence-corrected chi connectivity index (χ3v) is 2.48. The van der Waals surface area contributed by atoms with Gasteiger partial charge in [0.05, 0.1) is 6.61 Å². The van der Waals surface area contributed by atoms with Crippen molar-refractivity contribution < 1.29 is 27.8 Å². The molecule has 5 nitrogen and oxygen atoms in total. The molecule has 1 aliphatic heterocycles. The van der Waals surface area contributed by atoms with E-state index in [0.717, 1.165) is 0 Å². The minimum atomic E-state index is -4.65. The lowest BCUT2D eigenvalue weighted by molar-refractivity contribution is -0.324. The highest BCUT2D eigenvalue weighted by Crippen LogP contribution is 2.20. The number of carboxylic acid groups (broad SMARTS) is 1. The first-order valence-corrected chi connectivity index (χ1v) is 4.68. The second-order valence-corrected chi connectivity index (χ2v) is 3.78. The Kier molecular flexibility index (Phi) is 3.76. The standard InChI is InChI=1S/C8H13F3N2O3/c9-8(10,11)16-4-3-13-2-1-7(12,5-13)6(14)15/h1-5,12H2,(H,14,15). The molecule has 16 heavy (non-hydrogen) atoms. The van der Waals surface area contributed by atoms with Crippen LogP contribution >= 0.6 is 0 Å². The first-order chi connectivity index (χ1) is 7.23. The Hall–Kier alpha value is -0.860. The van der Waals surface area contributed by atoms with Gasteiger partial charge in [0.25, 0.3) is 0 Å². The third kappa shape index (κ3) is 3.62. The van der Waals surface area contributed by atoms with E-state index in [-0.39, 0.29) is 19.5 Å². The van der Waals surface area contributed by atoms with E-state index in [9.17, 15) is 18.0 Å². The van der Waals surface area contributed by atoms with E-state index in [4.69, 9.17) is 10.8 Å². The van der Waals surface area contributed by atoms with Gasteiger partial charge in [-0.05, 0) is 6.42 Å². The highest BCUT2D eigenvalue weighted by molar-refractivity contribution is 5.79. The fraction of sp³-hybridized carbons (Fsp3) is 0.875. The Morgan fingerprint density at radius 3 is 2.62 bits per heavy atom. The molecule has 0 saturated carbocycles. The van der Waals surface area contributed by atoms with Crippen LogP contribution in [0.3, 0.4) is 0 Å². The van der Waals surface area contributed by atoms with E-state index >= 15 is 0 Å². The number of carbonyl (C=O) groups is 1. The van der Waals surface area contributed by atoms with Crippen molar-refractivity contribution in [1.82, 2.24) is 4.90 Å². The lowest BCUT2D eigenvalue weighted by Gasteiger charge is -2.20. The predicted octanol–water partition coefficient (Wildman–Crippen LogP) is 0.0106. The quantitative estimate of drug-likeness (QED) is 0.726. The second-order valence-electron chi connectivity index (χ2n) is 3.78. The Morgan fingerprint density at radius 1 is 1.56 bits per heavy atom. The third-order valence-electron chi connectivity index (χ3n) is 2.48. The molecule has 0 bridgehead atoms. The van der Waals surface area contributed by atoms with E-state index in [2.05, 4.69) is 4.74 Å². The van der Waals surface area contributed by atoms with Gasteiger partial charge in [-0.15, -0.1) is 13.2 Å². The number of aliphatic carboxylic acids is 1. The zero-order chi connectivity index (χ0) is 12.4. The van der Waals surface area contributed by atoms with Gasteiger partial charge in [-0.25, -0.2) is 0 Å². The molecule has 1 unspecified atom stereocenters. The van der Waals surface area contributed by atoms with Crippen LogP contribution in [0.5, 0.6) is 0 Å². The Labute approximate surface area is 90.0 Å². The number of hydrogen-bond acceptors (Lipinski definition) is 4. The largest absolute Gasteiger partial charge is 0.522 e. The molecular weight excluding hydrogens is 229 g/mol. The fourth-order valence-corrected chi connectivity index (χ4v) is 1.57. The van der Waals surface area contributed by atoms with Crippen molar-refractivity contribution in [3.05, 3.63) is 0 Å². The van der Waals surface area contributed by atoms with E-state index < -0.39 is 24.5 Å². The van der Waals surface area contributed by atoms with Crippen LogP contribution in [-0.2, 0) is 9.53 Å². The molecule has 1 rings (SSSR count). The van der Waals surface area contributed by atoms with Gasteiger partial charge in [-0.2, -0.15) is 0 Å². The first-order valence-electron chi connectivity index (χ1n) is 4.68. The number of carboxylic acids is 1. The molecule has 0 spiro atoms. The SMILES string of the molecule is NC1(C(=O)O)CCN(CCOC(F)(F)F)C1. The first kappa shape index (κ1) is 13.2. The number of nitrogens with two attached hydrogens (primary N) is 1. The van der Waals surface area contributed by atoms with Crippen LogP contribution in [0, 0.1) is 0 Å². The molecule has 3 N–H and O–H groups in total. The number of alkyl halides is 3. The zero-order valence-corrected chi connectivity index (χ0v) is 8.46. The normalized spacial score (nSPS) is 27.2. The smallest absolute Gasteiger partial charge is 0.480 e. The van der Waals surface area contributed by atoms with Gasteiger partial charge in [-0.1, -0.05) is 0 Å². The maximum Gasteiger partial charge on any atom is 0.522 e. The van der Waals surface area contributed by atoms with Crippen LogP contribution in [-0.4, -0.2) is 54.1 Å². The highest BCUT2D eigenvalue weighted by atomic mass is 19.4. The number of rotatable bonds is 4. The Bertz CT molecular complexity index is 272. The number of ether oxygens (including phenoxy) is 1. The molecule has 0 aromatic carbocycles. The number of hydrogen-bond donors (Lipinski definition) is 2. The number of nitrogens with zero attached hydrogens (tertiary/aromatic N) is 1. The lowest BCUT2D eigenvalue weighted by atomic mass is 10.0. The van der Waals surface area contributed by atoms with Crippen LogP contribution in [0.15, 0.2) is 0 Å². The van der Waals surface area contributed by atoms with Crippen LogP contribution in [0.2, 0.25) is 0 Å². The number of halogens is 3. The average Bonchev–Trinajstić information content (AvgIpc) is 2.47. The maximum absolute atomic E-state index is 11.7. The van der Waals surface area contributed by atoms with Gasteiger partial charge < -0.3 is 10.8 Å². The van der Waals surface area contributed by atoms with Crippen LogP contribution < -0.4 is 5.73 Å². The van der Waals surface area contributed by atoms with E-state index in [0.29, 0.717) is 6.54 Å². The molecule has 8 heteroatoms. The van der Waals surface area contributed by atoms with E-state index in [1.54, 1.807) is 4.90 Å². The molecule has 0 aromatic rings. The summed E-state index contributed by atoms with van der Waals surface area (Å²) in [6, 6.07) is 0. The van der Waals surface area contributed by atoms with E-state index in [1.807, 2.05) is 0 Å². The Morgan fingerprint density at radius 2 is 2.19 bits per heavy atom. The second kappa shape index (κ2) is 4.56.